The molecule has 3 N–H and O–H groups in total. The van der Waals surface area contributed by atoms with Crippen molar-refractivity contribution in [2.75, 3.05) is 22.5 Å². The summed E-state index contributed by atoms with van der Waals surface area (Å²) >= 11 is 1.14. The topological polar surface area (TPSA) is 109 Å². The molecule has 4 aromatic rings. The maximum Gasteiger partial charge on any atom is 0.323 e. The third-order valence-electron chi connectivity index (χ3n) is 4.24. The summed E-state index contributed by atoms with van der Waals surface area (Å²) in [7, 11) is -2.29. The molecule has 0 saturated carbocycles. The molecule has 0 aliphatic heterocycles. The highest BCUT2D eigenvalue weighted by Gasteiger charge is 2.18. The van der Waals surface area contributed by atoms with Crippen molar-refractivity contribution in [2.24, 2.45) is 0 Å². The minimum atomic E-state index is -3.77. The summed E-state index contributed by atoms with van der Waals surface area (Å²) < 4.78 is 33.7. The van der Waals surface area contributed by atoms with Gasteiger partial charge in [-0.1, -0.05) is 47.7 Å². The van der Waals surface area contributed by atoms with Gasteiger partial charge in [-0.25, -0.2) is 18.2 Å². The van der Waals surface area contributed by atoms with Crippen LogP contribution in [-0.4, -0.2) is 26.5 Å². The maximum atomic E-state index is 12.6. The highest BCUT2D eigenvalue weighted by Crippen LogP contribution is 2.36. The van der Waals surface area contributed by atoms with Gasteiger partial charge >= 0.3 is 6.03 Å². The Bertz CT molecular complexity index is 1320. The van der Waals surface area contributed by atoms with E-state index in [0.717, 1.165) is 11.3 Å². The van der Waals surface area contributed by atoms with Gasteiger partial charge in [0.25, 0.3) is 10.0 Å². The Hall–Kier alpha value is -3.63. The number of nitrogens with one attached hydrogen (secondary N) is 3. The molecule has 0 spiro atoms. The van der Waals surface area contributed by atoms with Crippen LogP contribution in [0.3, 0.4) is 0 Å². The molecule has 2 amide bonds. The number of thiazole rings is 1. The van der Waals surface area contributed by atoms with Crippen molar-refractivity contribution in [1.29, 1.82) is 0 Å². The molecule has 158 valence electrons. The van der Waals surface area contributed by atoms with E-state index in [-0.39, 0.29) is 10.0 Å². The number of ether oxygens (including phenoxy) is 1. The number of hydrogen-bond donors (Lipinski definition) is 3. The predicted octanol–water partition coefficient (Wildman–Crippen LogP) is 4.75. The zero-order chi connectivity index (χ0) is 21.8. The molecule has 1 heterocycles. The molecule has 1 aromatic heterocycles. The fraction of sp³-hybridized carbons (Fsp3) is 0.0476. The second-order valence-corrected chi connectivity index (χ2v) is 9.12. The Morgan fingerprint density at radius 3 is 2.26 bits per heavy atom. The van der Waals surface area contributed by atoms with Gasteiger partial charge in [-0.15, -0.1) is 0 Å². The minimum absolute atomic E-state index is 0.140. The molecule has 0 aliphatic carbocycles. The summed E-state index contributed by atoms with van der Waals surface area (Å²) in [5.41, 5.74) is 1.63. The Labute approximate surface area is 183 Å². The van der Waals surface area contributed by atoms with E-state index in [2.05, 4.69) is 20.3 Å². The lowest BCUT2D eigenvalue weighted by molar-refractivity contribution is 0.262. The normalized spacial score (nSPS) is 11.1. The number of anilines is 3. The number of benzene rings is 3. The molecule has 0 aliphatic rings. The van der Waals surface area contributed by atoms with Crippen molar-refractivity contribution in [3.05, 3.63) is 72.8 Å². The summed E-state index contributed by atoms with van der Waals surface area (Å²) in [6.45, 7) is 0. The van der Waals surface area contributed by atoms with Crippen molar-refractivity contribution in [2.45, 2.75) is 4.90 Å². The summed E-state index contributed by atoms with van der Waals surface area (Å²) in [6, 6.07) is 20.0. The van der Waals surface area contributed by atoms with Crippen molar-refractivity contribution in [3.63, 3.8) is 0 Å². The summed E-state index contributed by atoms with van der Waals surface area (Å²) in [5, 5.41) is 5.68. The molecule has 8 nitrogen and oxygen atoms in total. The molecule has 31 heavy (non-hydrogen) atoms. The van der Waals surface area contributed by atoms with Crippen LogP contribution in [-0.2, 0) is 10.0 Å². The lowest BCUT2D eigenvalue weighted by Gasteiger charge is -2.09. The van der Waals surface area contributed by atoms with Crippen molar-refractivity contribution < 1.29 is 17.9 Å². The molecule has 0 fully saturated rings. The van der Waals surface area contributed by atoms with Gasteiger partial charge in [0.15, 0.2) is 5.13 Å². The van der Waals surface area contributed by atoms with Gasteiger partial charge in [0.2, 0.25) is 0 Å². The van der Waals surface area contributed by atoms with Gasteiger partial charge in [0.05, 0.1) is 16.7 Å². The lowest BCUT2D eigenvalue weighted by atomic mass is 10.2. The van der Waals surface area contributed by atoms with Crippen LogP contribution < -0.4 is 20.1 Å². The van der Waals surface area contributed by atoms with E-state index in [1.54, 1.807) is 42.5 Å². The lowest BCUT2D eigenvalue weighted by Crippen LogP contribution is -2.19. The van der Waals surface area contributed by atoms with Gasteiger partial charge in [-0.2, -0.15) is 0 Å². The highest BCUT2D eigenvalue weighted by atomic mass is 32.2. The van der Waals surface area contributed by atoms with Crippen LogP contribution in [0.2, 0.25) is 0 Å². The maximum absolute atomic E-state index is 12.6. The van der Waals surface area contributed by atoms with Gasteiger partial charge < -0.3 is 15.4 Å². The molecule has 0 saturated heterocycles. The zero-order valence-electron chi connectivity index (χ0n) is 16.3. The fourth-order valence-corrected chi connectivity index (χ4v) is 5.04. The third kappa shape index (κ3) is 4.76. The number of carbonyl (C=O) groups is 1. The molecular formula is C21H18N4O4S2. The van der Waals surface area contributed by atoms with Crippen LogP contribution in [0.5, 0.6) is 5.75 Å². The molecule has 0 unspecified atom stereocenters. The Morgan fingerprint density at radius 2 is 1.58 bits per heavy atom. The minimum Gasteiger partial charge on any atom is -0.494 e. The number of carbonyl (C=O) groups excluding carboxylic acids is 1. The number of nitrogens with zero attached hydrogens (tertiary/aromatic N) is 1. The molecule has 4 rings (SSSR count). The Kier molecular flexibility index (Phi) is 5.74. The SMILES string of the molecule is COc1cc(NC(=O)Nc2ccccc2)cc2sc(NS(=O)(=O)c3ccccc3)nc12. The second kappa shape index (κ2) is 8.62. The predicted molar refractivity (Wildman–Crippen MR) is 123 cm³/mol. The van der Waals surface area contributed by atoms with Crippen LogP contribution in [0.15, 0.2) is 77.7 Å². The number of amides is 2. The van der Waals surface area contributed by atoms with Gasteiger partial charge in [0.1, 0.15) is 11.3 Å². The monoisotopic (exact) mass is 454 g/mol. The van der Waals surface area contributed by atoms with E-state index in [1.165, 1.54) is 19.2 Å². The largest absolute Gasteiger partial charge is 0.494 e. The smallest absolute Gasteiger partial charge is 0.323 e. The van der Waals surface area contributed by atoms with E-state index < -0.39 is 16.1 Å². The van der Waals surface area contributed by atoms with Crippen molar-refractivity contribution in [1.82, 2.24) is 4.98 Å². The first-order chi connectivity index (χ1) is 14.9. The number of rotatable bonds is 6. The molecule has 3 aromatic carbocycles. The summed E-state index contributed by atoms with van der Waals surface area (Å²) in [4.78, 5) is 16.8. The van der Waals surface area contributed by atoms with E-state index in [4.69, 9.17) is 4.74 Å². The average molecular weight is 455 g/mol. The fourth-order valence-electron chi connectivity index (χ4n) is 2.86. The number of para-hydroxylation sites is 1. The standard InChI is InChI=1S/C21H18N4O4S2/c1-29-17-12-15(23-20(26)22-14-8-4-2-5-9-14)13-18-19(17)24-21(30-18)25-31(27,28)16-10-6-3-7-11-16/h2-13H,1H3,(H,24,25)(H2,22,23,26). The molecule has 0 atom stereocenters. The van der Waals surface area contributed by atoms with Crippen LogP contribution in [0.4, 0.5) is 21.3 Å². The van der Waals surface area contributed by atoms with E-state index >= 15 is 0 Å². The first-order valence-corrected chi connectivity index (χ1v) is 11.4. The van der Waals surface area contributed by atoms with E-state index in [9.17, 15) is 13.2 Å². The quantitative estimate of drug-likeness (QED) is 0.389. The van der Waals surface area contributed by atoms with Crippen LogP contribution in [0.25, 0.3) is 10.2 Å². The molecule has 0 radical (unpaired) electrons. The number of fused-ring (bicyclic) bond motifs is 1. The molecule has 10 heteroatoms. The number of hydrogen-bond acceptors (Lipinski definition) is 6. The van der Waals surface area contributed by atoms with Crippen LogP contribution in [0, 0.1) is 0 Å². The Morgan fingerprint density at radius 1 is 0.935 bits per heavy atom. The average Bonchev–Trinajstić information content (AvgIpc) is 3.16. The zero-order valence-corrected chi connectivity index (χ0v) is 18.0. The summed E-state index contributed by atoms with van der Waals surface area (Å²) in [5.74, 6) is 0.411. The number of methoxy groups -OCH3 is 1. The Balaban J connectivity index is 1.58. The first kappa shape index (κ1) is 20.6. The van der Waals surface area contributed by atoms with Crippen LogP contribution >= 0.6 is 11.3 Å². The number of urea groups is 1. The van der Waals surface area contributed by atoms with E-state index in [1.807, 2.05) is 18.2 Å². The second-order valence-electron chi connectivity index (χ2n) is 6.41. The molecule has 0 bridgehead atoms. The number of sulfonamides is 1. The van der Waals surface area contributed by atoms with Crippen LogP contribution in [0.1, 0.15) is 0 Å². The summed E-state index contributed by atoms with van der Waals surface area (Å²) in [6.07, 6.45) is 0. The first-order valence-electron chi connectivity index (χ1n) is 9.14. The van der Waals surface area contributed by atoms with Gasteiger partial charge in [-0.3, -0.25) is 4.72 Å². The van der Waals surface area contributed by atoms with Gasteiger partial charge in [-0.05, 0) is 30.3 Å². The number of aromatic nitrogens is 1. The molecular weight excluding hydrogens is 436 g/mol. The van der Waals surface area contributed by atoms with Crippen molar-refractivity contribution in [3.8, 4) is 5.75 Å². The highest BCUT2D eigenvalue weighted by molar-refractivity contribution is 7.93. The third-order valence-corrected chi connectivity index (χ3v) is 6.65. The van der Waals surface area contributed by atoms with Gasteiger partial charge in [0, 0.05) is 17.4 Å². The van der Waals surface area contributed by atoms with Crippen molar-refractivity contribution >= 4 is 54.1 Å². The van der Waals surface area contributed by atoms with E-state index in [0.29, 0.717) is 27.3 Å².